The fraction of sp³-hybridized carbons (Fsp3) is 0.375. The molecule has 0 spiro atoms. The molecule has 2 saturated heterocycles. The van der Waals surface area contributed by atoms with Gasteiger partial charge in [-0.3, -0.25) is 29.0 Å². The highest BCUT2D eigenvalue weighted by Crippen LogP contribution is 2.25. The molecular formula is C24H25N5O7. The van der Waals surface area contributed by atoms with Crippen LogP contribution >= 0.6 is 0 Å². The van der Waals surface area contributed by atoms with E-state index >= 15 is 0 Å². The molecule has 1 aromatic heterocycles. The first-order valence-corrected chi connectivity index (χ1v) is 11.6. The van der Waals surface area contributed by atoms with Crippen LogP contribution < -0.4 is 10.6 Å². The van der Waals surface area contributed by atoms with Gasteiger partial charge in [-0.05, 0) is 31.4 Å². The van der Waals surface area contributed by atoms with Gasteiger partial charge in [0.1, 0.15) is 24.1 Å². The van der Waals surface area contributed by atoms with Gasteiger partial charge in [0.15, 0.2) is 0 Å². The predicted molar refractivity (Wildman–Crippen MR) is 124 cm³/mol. The third-order valence-corrected chi connectivity index (χ3v) is 6.19. The molecule has 2 fully saturated rings. The maximum absolute atomic E-state index is 13.5. The largest absolute Gasteiger partial charge is 0.481 e. The second kappa shape index (κ2) is 10.5. The molecule has 4 amide bonds. The van der Waals surface area contributed by atoms with Crippen LogP contribution in [0.1, 0.15) is 42.6 Å². The van der Waals surface area contributed by atoms with Gasteiger partial charge in [-0.15, -0.1) is 0 Å². The van der Waals surface area contributed by atoms with E-state index in [9.17, 15) is 28.8 Å². The summed E-state index contributed by atoms with van der Waals surface area (Å²) >= 11 is 0. The van der Waals surface area contributed by atoms with Crippen molar-refractivity contribution in [1.29, 1.82) is 0 Å². The van der Waals surface area contributed by atoms with E-state index in [1.807, 2.05) is 12.1 Å². The van der Waals surface area contributed by atoms with Gasteiger partial charge < -0.3 is 20.5 Å². The number of carbonyl (C=O) groups is 6. The van der Waals surface area contributed by atoms with Gasteiger partial charge in [-0.2, -0.15) is 0 Å². The zero-order valence-electron chi connectivity index (χ0n) is 19.3. The highest BCUT2D eigenvalue weighted by Gasteiger charge is 2.45. The number of aliphatic carboxylic acids is 1. The third-order valence-electron chi connectivity index (χ3n) is 6.19. The molecule has 2 aliphatic rings. The monoisotopic (exact) mass is 495 g/mol. The van der Waals surface area contributed by atoms with Gasteiger partial charge in [-0.1, -0.05) is 24.3 Å². The number of hydrogen-bond acceptors (Lipinski definition) is 7. The third kappa shape index (κ3) is 5.16. The summed E-state index contributed by atoms with van der Waals surface area (Å²) in [6.45, 7) is 0.216. The number of amides is 4. The number of nitrogens with one attached hydrogen (secondary N) is 2. The molecule has 0 radical (unpaired) electrons. The lowest BCUT2D eigenvalue weighted by molar-refractivity contribution is -0.176. The van der Waals surface area contributed by atoms with Crippen LogP contribution in [0, 0.1) is 0 Å². The Morgan fingerprint density at radius 3 is 2.67 bits per heavy atom. The van der Waals surface area contributed by atoms with E-state index in [1.54, 1.807) is 18.2 Å². The Bertz CT molecular complexity index is 1230. The molecule has 12 heteroatoms. The van der Waals surface area contributed by atoms with Crippen LogP contribution in [0.25, 0.3) is 10.9 Å². The number of hydrazine groups is 1. The number of nitrogens with zero attached hydrogens (tertiary/aromatic N) is 3. The van der Waals surface area contributed by atoms with E-state index in [0.717, 1.165) is 10.4 Å². The molecule has 2 aliphatic heterocycles. The second-order valence-electron chi connectivity index (χ2n) is 8.66. The van der Waals surface area contributed by atoms with Gasteiger partial charge in [-0.25, -0.2) is 9.99 Å². The van der Waals surface area contributed by atoms with Crippen LogP contribution in [0.2, 0.25) is 0 Å². The van der Waals surface area contributed by atoms with Crippen LogP contribution in [0.4, 0.5) is 0 Å². The van der Waals surface area contributed by atoms with E-state index in [-0.39, 0.29) is 37.4 Å². The van der Waals surface area contributed by atoms with E-state index in [1.165, 1.54) is 11.1 Å². The zero-order chi connectivity index (χ0) is 25.8. The highest BCUT2D eigenvalue weighted by molar-refractivity contribution is 6.00. The fourth-order valence-corrected chi connectivity index (χ4v) is 4.43. The van der Waals surface area contributed by atoms with Crippen LogP contribution in [0.15, 0.2) is 36.4 Å². The number of carboxylic acid groups (broad SMARTS) is 1. The molecule has 3 atom stereocenters. The Morgan fingerprint density at radius 2 is 1.92 bits per heavy atom. The average Bonchev–Trinajstić information content (AvgIpc) is 2.99. The van der Waals surface area contributed by atoms with Crippen molar-refractivity contribution in [2.45, 2.75) is 50.2 Å². The lowest BCUT2D eigenvalue weighted by Gasteiger charge is -2.43. The molecule has 2 aromatic rings. The summed E-state index contributed by atoms with van der Waals surface area (Å²) in [5, 5.41) is 17.0. The number of rotatable bonds is 7. The topological polar surface area (TPSA) is 166 Å². The van der Waals surface area contributed by atoms with Crippen LogP contribution in [0.5, 0.6) is 0 Å². The summed E-state index contributed by atoms with van der Waals surface area (Å²) in [5.74, 6) is -3.64. The minimum absolute atomic E-state index is 0.0251. The lowest BCUT2D eigenvalue weighted by atomic mass is 10.0. The molecule has 188 valence electrons. The molecular weight excluding hydrogens is 470 g/mol. The molecule has 1 aromatic carbocycles. The Hall–Kier alpha value is -4.35. The Balaban J connectivity index is 1.54. The van der Waals surface area contributed by atoms with Crippen molar-refractivity contribution in [3.05, 3.63) is 42.1 Å². The van der Waals surface area contributed by atoms with Crippen molar-refractivity contribution in [1.82, 2.24) is 25.6 Å². The smallest absolute Gasteiger partial charge is 0.305 e. The minimum atomic E-state index is -1.28. The van der Waals surface area contributed by atoms with Crippen molar-refractivity contribution in [3.63, 3.8) is 0 Å². The number of aldehydes is 1. The number of carboxylic acids is 1. The second-order valence-corrected chi connectivity index (χ2v) is 8.66. The van der Waals surface area contributed by atoms with Crippen LogP contribution in [0.3, 0.4) is 0 Å². The number of carbonyl (C=O) groups excluding carboxylic acids is 5. The first kappa shape index (κ1) is 24.8. The van der Waals surface area contributed by atoms with Gasteiger partial charge in [0, 0.05) is 18.4 Å². The summed E-state index contributed by atoms with van der Waals surface area (Å²) in [4.78, 5) is 78.7. The molecule has 3 heterocycles. The Morgan fingerprint density at radius 1 is 1.14 bits per heavy atom. The lowest BCUT2D eigenvalue weighted by Crippen LogP contribution is -2.64. The van der Waals surface area contributed by atoms with E-state index in [2.05, 4.69) is 15.6 Å². The first-order valence-electron chi connectivity index (χ1n) is 11.6. The maximum Gasteiger partial charge on any atom is 0.305 e. The Kier molecular flexibility index (Phi) is 7.23. The maximum atomic E-state index is 13.5. The predicted octanol–water partition coefficient (Wildman–Crippen LogP) is 0.0200. The number of para-hydroxylation sites is 1. The molecule has 36 heavy (non-hydrogen) atoms. The summed E-state index contributed by atoms with van der Waals surface area (Å²) in [6, 6.07) is 7.02. The summed E-state index contributed by atoms with van der Waals surface area (Å²) in [5.41, 5.74) is 0.710. The average molecular weight is 495 g/mol. The molecule has 12 nitrogen and oxygen atoms in total. The van der Waals surface area contributed by atoms with Gasteiger partial charge in [0.2, 0.25) is 11.8 Å². The fourth-order valence-electron chi connectivity index (χ4n) is 4.43. The molecule has 0 unspecified atom stereocenters. The number of aromatic nitrogens is 1. The van der Waals surface area contributed by atoms with E-state index in [0.29, 0.717) is 18.2 Å². The Labute approximate surface area is 205 Å². The van der Waals surface area contributed by atoms with E-state index < -0.39 is 48.2 Å². The first-order chi connectivity index (χ1) is 17.3. The summed E-state index contributed by atoms with van der Waals surface area (Å²) in [7, 11) is 0. The van der Waals surface area contributed by atoms with Gasteiger partial charge >= 0.3 is 5.97 Å². The van der Waals surface area contributed by atoms with Crippen molar-refractivity contribution in [3.8, 4) is 0 Å². The number of fused-ring (bicyclic) bond motifs is 2. The number of pyridine rings is 1. The molecule has 0 saturated carbocycles. The van der Waals surface area contributed by atoms with Gasteiger partial charge in [0.05, 0.1) is 18.0 Å². The van der Waals surface area contributed by atoms with Crippen molar-refractivity contribution in [2.24, 2.45) is 0 Å². The molecule has 0 aliphatic carbocycles. The number of benzene rings is 1. The van der Waals surface area contributed by atoms with Crippen molar-refractivity contribution >= 4 is 46.8 Å². The molecule has 0 bridgehead atoms. The SMILES string of the molecule is O=C[C@H](CC(=O)O)NC(=O)[C@@H]1CCCN2C(=O)CC[C@H](NC(=O)c3ccc4ccccc4n3)C(=O)N12. The quantitative estimate of drug-likeness (QED) is 0.452. The van der Waals surface area contributed by atoms with Crippen molar-refractivity contribution < 1.29 is 33.9 Å². The summed E-state index contributed by atoms with van der Waals surface area (Å²) < 4.78 is 0. The highest BCUT2D eigenvalue weighted by atomic mass is 16.4. The van der Waals surface area contributed by atoms with E-state index in [4.69, 9.17) is 5.11 Å². The van der Waals surface area contributed by atoms with Crippen molar-refractivity contribution in [2.75, 3.05) is 6.54 Å². The standard InChI is InChI=1S/C24H25N5O7/c30-13-15(12-21(32)33)25-23(35)19-6-3-11-28-20(31)10-9-18(24(36)29(19)28)27-22(34)17-8-7-14-4-1-2-5-16(14)26-17/h1-2,4-5,7-8,13,15,18-19H,3,6,9-12H2,(H,25,35)(H,27,34)(H,32,33)/t15-,18-,19-/m0/s1. The van der Waals surface area contributed by atoms with Crippen LogP contribution in [-0.4, -0.2) is 80.7 Å². The summed E-state index contributed by atoms with van der Waals surface area (Å²) in [6.07, 6.45) is 0.331. The zero-order valence-corrected chi connectivity index (χ0v) is 19.3. The normalized spacial score (nSPS) is 20.8. The molecule has 4 rings (SSSR count). The van der Waals surface area contributed by atoms with Crippen LogP contribution in [-0.2, 0) is 24.0 Å². The minimum Gasteiger partial charge on any atom is -0.481 e. The number of hydrogen-bond donors (Lipinski definition) is 3. The van der Waals surface area contributed by atoms with Gasteiger partial charge in [0.25, 0.3) is 11.8 Å². The molecule has 3 N–H and O–H groups in total.